The predicted molar refractivity (Wildman–Crippen MR) is 144 cm³/mol. The molecule has 7 nitrogen and oxygen atoms in total. The predicted octanol–water partition coefficient (Wildman–Crippen LogP) is 5.82. The number of benzene rings is 2. The lowest BCUT2D eigenvalue weighted by atomic mass is 9.82. The van der Waals surface area contributed by atoms with Gasteiger partial charge in [-0.1, -0.05) is 23.3 Å². The molecule has 0 aliphatic heterocycles. The Kier molecular flexibility index (Phi) is 7.84. The van der Waals surface area contributed by atoms with Crippen LogP contribution in [0.25, 0.3) is 22.2 Å². The fraction of sp³-hybridized carbons (Fsp3) is 0.448. The van der Waals surface area contributed by atoms with Gasteiger partial charge in [-0.25, -0.2) is 9.86 Å². The van der Waals surface area contributed by atoms with Crippen molar-refractivity contribution in [1.82, 2.24) is 15.4 Å². The van der Waals surface area contributed by atoms with Crippen LogP contribution in [0.1, 0.15) is 56.9 Å². The van der Waals surface area contributed by atoms with Gasteiger partial charge in [-0.05, 0) is 95.8 Å². The van der Waals surface area contributed by atoms with E-state index in [0.29, 0.717) is 13.0 Å². The van der Waals surface area contributed by atoms with Crippen LogP contribution in [0.15, 0.2) is 36.4 Å². The number of alkyl carbamates (subject to hydrolysis) is 1. The first-order valence-corrected chi connectivity index (χ1v) is 12.3. The van der Waals surface area contributed by atoms with Crippen LogP contribution in [0.4, 0.5) is 4.79 Å². The van der Waals surface area contributed by atoms with E-state index in [9.17, 15) is 9.59 Å². The Morgan fingerprint density at radius 2 is 1.64 bits per heavy atom. The molecule has 0 spiro atoms. The molecule has 0 radical (unpaired) electrons. The smallest absolute Gasteiger partial charge is 0.407 e. The van der Waals surface area contributed by atoms with Crippen LogP contribution in [0.2, 0.25) is 0 Å². The van der Waals surface area contributed by atoms with Crippen molar-refractivity contribution in [2.45, 2.75) is 65.9 Å². The zero-order chi connectivity index (χ0) is 26.8. The van der Waals surface area contributed by atoms with E-state index in [1.165, 1.54) is 23.3 Å². The Labute approximate surface area is 214 Å². The van der Waals surface area contributed by atoms with Gasteiger partial charge in [0, 0.05) is 30.2 Å². The van der Waals surface area contributed by atoms with Gasteiger partial charge in [-0.3, -0.25) is 9.63 Å². The van der Waals surface area contributed by atoms with Crippen molar-refractivity contribution >= 4 is 22.9 Å². The van der Waals surface area contributed by atoms with E-state index in [2.05, 4.69) is 48.4 Å². The molecule has 36 heavy (non-hydrogen) atoms. The average Bonchev–Trinajstić information content (AvgIpc) is 3.14. The highest BCUT2D eigenvalue weighted by Crippen LogP contribution is 2.35. The second kappa shape index (κ2) is 10.3. The normalized spacial score (nSPS) is 12.0. The minimum atomic E-state index is -0.789. The number of nitrogens with zero attached hydrogens (tertiary/aromatic N) is 1. The van der Waals surface area contributed by atoms with Crippen molar-refractivity contribution in [3.63, 3.8) is 0 Å². The molecule has 0 bridgehead atoms. The molecule has 0 saturated heterocycles. The molecule has 2 amide bonds. The number of carbonyl (C=O) groups excluding carboxylic acids is 2. The largest absolute Gasteiger partial charge is 0.444 e. The molecule has 0 atom stereocenters. The first kappa shape index (κ1) is 27.3. The third-order valence-electron chi connectivity index (χ3n) is 6.28. The van der Waals surface area contributed by atoms with Crippen molar-refractivity contribution in [2.24, 2.45) is 0 Å². The van der Waals surface area contributed by atoms with E-state index in [1.54, 1.807) is 7.05 Å². The van der Waals surface area contributed by atoms with Crippen LogP contribution in [-0.4, -0.2) is 48.4 Å². The summed E-state index contributed by atoms with van der Waals surface area (Å²) in [5.41, 5.74) is 6.05. The highest BCUT2D eigenvalue weighted by Gasteiger charge is 2.33. The summed E-state index contributed by atoms with van der Waals surface area (Å²) in [6.45, 7) is 13.9. The third-order valence-corrected chi connectivity index (χ3v) is 6.28. The number of fused-ring (bicyclic) bond motifs is 1. The van der Waals surface area contributed by atoms with Gasteiger partial charge in [-0.15, -0.1) is 0 Å². The van der Waals surface area contributed by atoms with Gasteiger partial charge >= 0.3 is 6.09 Å². The van der Waals surface area contributed by atoms with Crippen LogP contribution in [0, 0.1) is 13.8 Å². The lowest BCUT2D eigenvalue weighted by Crippen LogP contribution is -2.40. The highest BCUT2D eigenvalue weighted by atomic mass is 16.7. The molecule has 2 N–H and O–H groups in total. The highest BCUT2D eigenvalue weighted by molar-refractivity contribution is 5.94. The summed E-state index contributed by atoms with van der Waals surface area (Å²) < 4.78 is 5.40. The fourth-order valence-electron chi connectivity index (χ4n) is 4.47. The van der Waals surface area contributed by atoms with Gasteiger partial charge in [0.1, 0.15) is 5.60 Å². The number of hydrogen-bond donors (Lipinski definition) is 2. The third kappa shape index (κ3) is 6.08. The molecule has 194 valence electrons. The van der Waals surface area contributed by atoms with Crippen molar-refractivity contribution < 1.29 is 19.2 Å². The Morgan fingerprint density at radius 1 is 1.00 bits per heavy atom. The van der Waals surface area contributed by atoms with E-state index in [0.717, 1.165) is 33.3 Å². The molecular weight excluding hydrogens is 454 g/mol. The van der Waals surface area contributed by atoms with E-state index < -0.39 is 17.1 Å². The molecule has 3 aromatic rings. The molecule has 0 fully saturated rings. The summed E-state index contributed by atoms with van der Waals surface area (Å²) in [6, 6.07) is 12.5. The number of ether oxygens (including phenoxy) is 1. The van der Waals surface area contributed by atoms with E-state index in [1.807, 2.05) is 46.8 Å². The second-order valence-corrected chi connectivity index (χ2v) is 10.9. The van der Waals surface area contributed by atoms with E-state index in [-0.39, 0.29) is 5.91 Å². The van der Waals surface area contributed by atoms with Crippen molar-refractivity contribution in [3.8, 4) is 11.3 Å². The maximum Gasteiger partial charge on any atom is 0.407 e. The molecule has 1 aromatic heterocycles. The van der Waals surface area contributed by atoms with Gasteiger partial charge in [0.15, 0.2) is 0 Å². The minimum Gasteiger partial charge on any atom is -0.444 e. The van der Waals surface area contributed by atoms with Gasteiger partial charge in [0.25, 0.3) is 5.91 Å². The Hall–Kier alpha value is -3.32. The van der Waals surface area contributed by atoms with Crippen LogP contribution >= 0.6 is 0 Å². The Balaban J connectivity index is 2.06. The molecular formula is C29H39N3O4. The summed E-state index contributed by atoms with van der Waals surface area (Å²) in [7, 11) is 3.10. The summed E-state index contributed by atoms with van der Waals surface area (Å²) >= 11 is 0. The van der Waals surface area contributed by atoms with E-state index in [4.69, 9.17) is 9.57 Å². The van der Waals surface area contributed by atoms with Crippen LogP contribution in [-0.2, 0) is 26.2 Å². The summed E-state index contributed by atoms with van der Waals surface area (Å²) in [6.07, 6.45) is 0.155. The maximum absolute atomic E-state index is 13.0. The molecule has 7 heteroatoms. The zero-order valence-corrected chi connectivity index (χ0v) is 23.0. The summed E-state index contributed by atoms with van der Waals surface area (Å²) in [5.74, 6) is -0.137. The fourth-order valence-corrected chi connectivity index (χ4v) is 4.47. The van der Waals surface area contributed by atoms with Crippen LogP contribution < -0.4 is 5.32 Å². The molecule has 2 aromatic carbocycles. The number of aromatic amines is 1. The Bertz CT molecular complexity index is 1250. The first-order chi connectivity index (χ1) is 16.7. The number of hydrogen-bond acceptors (Lipinski definition) is 4. The molecule has 3 rings (SSSR count). The minimum absolute atomic E-state index is 0.137. The summed E-state index contributed by atoms with van der Waals surface area (Å²) in [5, 5.41) is 5.16. The molecule has 0 aliphatic carbocycles. The number of hydroxylamine groups is 2. The van der Waals surface area contributed by atoms with Gasteiger partial charge < -0.3 is 15.0 Å². The average molecular weight is 494 g/mol. The topological polar surface area (TPSA) is 83.7 Å². The van der Waals surface area contributed by atoms with Crippen molar-refractivity contribution in [3.05, 3.63) is 58.7 Å². The molecule has 1 heterocycles. The maximum atomic E-state index is 13.0. The Morgan fingerprint density at radius 3 is 2.22 bits per heavy atom. The number of carbonyl (C=O) groups is 2. The second-order valence-electron chi connectivity index (χ2n) is 10.9. The standard InChI is InChI=1S/C29H39N3O4/c1-18-14-19(2)16-20(15-18)25-22(12-13-30-27(34)36-28(3,4)5)23-17-21(10-11-24(23)31-25)29(6,7)26(33)32(8)35-9/h10-11,14-17,31H,12-13H2,1-9H3,(H,30,34). The number of aryl methyl sites for hydroxylation is 2. The zero-order valence-electron chi connectivity index (χ0n) is 23.0. The quantitative estimate of drug-likeness (QED) is 0.407. The number of H-pyrrole nitrogens is 1. The molecule has 0 aliphatic rings. The van der Waals surface area contributed by atoms with Gasteiger partial charge in [0.2, 0.25) is 0 Å². The van der Waals surface area contributed by atoms with Gasteiger partial charge in [0.05, 0.1) is 12.5 Å². The SMILES string of the molecule is CON(C)C(=O)C(C)(C)c1ccc2[nH]c(-c3cc(C)cc(C)c3)c(CCNC(=O)OC(C)(C)C)c2c1. The lowest BCUT2D eigenvalue weighted by Gasteiger charge is -2.28. The monoisotopic (exact) mass is 493 g/mol. The van der Waals surface area contributed by atoms with Crippen molar-refractivity contribution in [1.29, 1.82) is 0 Å². The van der Waals surface area contributed by atoms with E-state index >= 15 is 0 Å². The number of rotatable bonds is 7. The molecule has 0 unspecified atom stereocenters. The number of aromatic nitrogens is 1. The number of nitrogens with one attached hydrogen (secondary N) is 2. The molecule has 0 saturated carbocycles. The van der Waals surface area contributed by atoms with Crippen molar-refractivity contribution in [2.75, 3.05) is 20.7 Å². The van der Waals surface area contributed by atoms with Crippen LogP contribution in [0.5, 0.6) is 0 Å². The lowest BCUT2D eigenvalue weighted by molar-refractivity contribution is -0.174. The van der Waals surface area contributed by atoms with Crippen LogP contribution in [0.3, 0.4) is 0 Å². The first-order valence-electron chi connectivity index (χ1n) is 12.3. The summed E-state index contributed by atoms with van der Waals surface area (Å²) in [4.78, 5) is 34.0. The van der Waals surface area contributed by atoms with Gasteiger partial charge in [-0.2, -0.15) is 0 Å². The number of likely N-dealkylation sites (N-methyl/N-ethyl adjacent to an activating group) is 1. The number of amides is 2.